The van der Waals surface area contributed by atoms with Crippen LogP contribution >= 0.6 is 11.6 Å². The molecule has 4 atom stereocenters. The van der Waals surface area contributed by atoms with E-state index in [1.54, 1.807) is 24.3 Å². The molecule has 6 rings (SSSR count). The number of amides is 2. The second-order valence-corrected chi connectivity index (χ2v) is 10.1. The summed E-state index contributed by atoms with van der Waals surface area (Å²) in [6.07, 6.45) is 3.37. The van der Waals surface area contributed by atoms with Crippen LogP contribution in [0.2, 0.25) is 5.02 Å². The van der Waals surface area contributed by atoms with Crippen LogP contribution in [-0.4, -0.2) is 34.6 Å². The van der Waals surface area contributed by atoms with Gasteiger partial charge in [0.05, 0.1) is 52.0 Å². The molecule has 8 heteroatoms. The number of halogens is 1. The van der Waals surface area contributed by atoms with Gasteiger partial charge in [-0.25, -0.2) is 9.88 Å². The fourth-order valence-electron chi connectivity index (χ4n) is 6.20. The zero-order valence-corrected chi connectivity index (χ0v) is 19.8. The van der Waals surface area contributed by atoms with Crippen molar-refractivity contribution in [2.75, 3.05) is 11.5 Å². The Balaban J connectivity index is 1.33. The quantitative estimate of drug-likeness (QED) is 0.486. The topological polar surface area (TPSA) is 92.5 Å². The number of nitrogens with zero attached hydrogens (tertiary/aromatic N) is 3. The molecule has 0 spiro atoms. The summed E-state index contributed by atoms with van der Waals surface area (Å²) in [5.41, 5.74) is -0.449. The van der Waals surface area contributed by atoms with Gasteiger partial charge in [0.25, 0.3) is 0 Å². The first-order valence-corrected chi connectivity index (χ1v) is 12.0. The lowest BCUT2D eigenvalue weighted by Crippen LogP contribution is -2.43. The minimum absolute atomic E-state index is 0.237. The van der Waals surface area contributed by atoms with Crippen LogP contribution < -0.4 is 9.64 Å². The molecule has 2 amide bonds. The molecule has 3 aromatic rings. The highest BCUT2D eigenvalue weighted by atomic mass is 35.5. The summed E-state index contributed by atoms with van der Waals surface area (Å²) < 4.78 is 12.3. The zero-order valence-electron chi connectivity index (χ0n) is 19.0. The van der Waals surface area contributed by atoms with E-state index in [2.05, 4.69) is 11.1 Å². The number of ether oxygens (including phenoxy) is 2. The van der Waals surface area contributed by atoms with Crippen molar-refractivity contribution in [2.24, 2.45) is 11.8 Å². The SMILES string of the molecule is CC12CCC(CCOc3ccc(Cl)cn3)(O1)[C@H]1C(=O)N(c3ccc(C#N)c4ccccc34)C(=O)[C@H]12. The normalized spacial score (nSPS) is 29.0. The maximum atomic E-state index is 13.9. The van der Waals surface area contributed by atoms with E-state index in [0.717, 1.165) is 0 Å². The number of anilines is 1. The van der Waals surface area contributed by atoms with Crippen molar-refractivity contribution in [1.29, 1.82) is 5.26 Å². The Morgan fingerprint density at radius 1 is 1.11 bits per heavy atom. The van der Waals surface area contributed by atoms with E-state index in [-0.39, 0.29) is 11.8 Å². The van der Waals surface area contributed by atoms with Gasteiger partial charge in [0, 0.05) is 29.5 Å². The van der Waals surface area contributed by atoms with Crippen LogP contribution in [0.15, 0.2) is 54.7 Å². The molecule has 4 heterocycles. The Morgan fingerprint density at radius 3 is 2.63 bits per heavy atom. The minimum atomic E-state index is -0.768. The fraction of sp³-hybridized carbons (Fsp3) is 0.333. The maximum absolute atomic E-state index is 13.9. The number of nitriles is 1. The van der Waals surface area contributed by atoms with Crippen LogP contribution in [-0.2, 0) is 14.3 Å². The lowest BCUT2D eigenvalue weighted by Gasteiger charge is -2.31. The van der Waals surface area contributed by atoms with E-state index in [9.17, 15) is 14.9 Å². The number of imide groups is 1. The van der Waals surface area contributed by atoms with Gasteiger partial charge in [-0.2, -0.15) is 5.26 Å². The van der Waals surface area contributed by atoms with Gasteiger partial charge in [-0.3, -0.25) is 9.59 Å². The average Bonchev–Trinajstić information content (AvgIpc) is 3.44. The number of benzene rings is 2. The van der Waals surface area contributed by atoms with Crippen LogP contribution in [0, 0.1) is 23.2 Å². The average molecular weight is 488 g/mol. The Bertz CT molecular complexity index is 1420. The van der Waals surface area contributed by atoms with E-state index in [1.165, 1.54) is 11.1 Å². The van der Waals surface area contributed by atoms with Crippen molar-refractivity contribution in [3.05, 3.63) is 65.3 Å². The van der Waals surface area contributed by atoms with E-state index in [0.29, 0.717) is 58.8 Å². The molecule has 3 aliphatic rings. The third kappa shape index (κ3) is 3.17. The molecule has 0 radical (unpaired) electrons. The van der Waals surface area contributed by atoms with E-state index >= 15 is 0 Å². The van der Waals surface area contributed by atoms with Gasteiger partial charge in [0.1, 0.15) is 0 Å². The van der Waals surface area contributed by atoms with Crippen LogP contribution in [0.5, 0.6) is 5.88 Å². The van der Waals surface area contributed by atoms with E-state index in [1.807, 2.05) is 31.2 Å². The Hall–Kier alpha value is -3.47. The number of carbonyl (C=O) groups is 2. The van der Waals surface area contributed by atoms with Gasteiger partial charge in [-0.15, -0.1) is 0 Å². The maximum Gasteiger partial charge on any atom is 0.240 e. The van der Waals surface area contributed by atoms with Crippen molar-refractivity contribution in [3.8, 4) is 11.9 Å². The second-order valence-electron chi connectivity index (χ2n) is 9.65. The number of hydrogen-bond donors (Lipinski definition) is 0. The van der Waals surface area contributed by atoms with Crippen molar-refractivity contribution in [3.63, 3.8) is 0 Å². The van der Waals surface area contributed by atoms with Crippen LogP contribution in [0.25, 0.3) is 10.8 Å². The third-order valence-electron chi connectivity index (χ3n) is 7.75. The lowest BCUT2D eigenvalue weighted by molar-refractivity contribution is -0.131. The van der Waals surface area contributed by atoms with Gasteiger partial charge in [-0.1, -0.05) is 35.9 Å². The highest BCUT2D eigenvalue weighted by Crippen LogP contribution is 2.62. The fourth-order valence-corrected chi connectivity index (χ4v) is 6.31. The molecule has 0 saturated carbocycles. The summed E-state index contributed by atoms with van der Waals surface area (Å²) in [5.74, 6) is -1.17. The molecule has 0 N–H and O–H groups in total. The summed E-state index contributed by atoms with van der Waals surface area (Å²) in [6, 6.07) is 16.3. The first kappa shape index (κ1) is 22.0. The van der Waals surface area contributed by atoms with Crippen molar-refractivity contribution >= 4 is 39.9 Å². The van der Waals surface area contributed by atoms with Gasteiger partial charge in [0.2, 0.25) is 17.7 Å². The molecule has 2 aromatic carbocycles. The number of carbonyl (C=O) groups excluding carboxylic acids is 2. The number of hydrogen-bond acceptors (Lipinski definition) is 6. The summed E-state index contributed by atoms with van der Waals surface area (Å²) in [4.78, 5) is 33.1. The summed E-state index contributed by atoms with van der Waals surface area (Å²) in [7, 11) is 0. The van der Waals surface area contributed by atoms with Crippen LogP contribution in [0.1, 0.15) is 31.7 Å². The molecule has 1 aromatic heterocycles. The molecule has 35 heavy (non-hydrogen) atoms. The smallest absolute Gasteiger partial charge is 0.240 e. The first-order valence-electron chi connectivity index (χ1n) is 11.6. The van der Waals surface area contributed by atoms with Gasteiger partial charge < -0.3 is 9.47 Å². The molecule has 3 saturated heterocycles. The number of fused-ring (bicyclic) bond motifs is 6. The molecule has 3 fully saturated rings. The Labute approximate surface area is 207 Å². The minimum Gasteiger partial charge on any atom is -0.478 e. The predicted octanol–water partition coefficient (Wildman–Crippen LogP) is 4.66. The number of pyridine rings is 1. The molecule has 7 nitrogen and oxygen atoms in total. The van der Waals surface area contributed by atoms with Gasteiger partial charge in [0.15, 0.2) is 0 Å². The molecule has 2 unspecified atom stereocenters. The molecular formula is C27H22ClN3O4. The highest BCUT2D eigenvalue weighted by molar-refractivity contribution is 6.30. The zero-order chi connectivity index (χ0) is 24.4. The van der Waals surface area contributed by atoms with Crippen LogP contribution in [0.4, 0.5) is 5.69 Å². The Morgan fingerprint density at radius 2 is 1.89 bits per heavy atom. The van der Waals surface area contributed by atoms with Gasteiger partial charge in [-0.05, 0) is 38.0 Å². The molecule has 0 aliphatic carbocycles. The number of aromatic nitrogens is 1. The predicted molar refractivity (Wildman–Crippen MR) is 129 cm³/mol. The molecular weight excluding hydrogens is 466 g/mol. The lowest BCUT2D eigenvalue weighted by atomic mass is 9.67. The monoisotopic (exact) mass is 487 g/mol. The molecule has 2 bridgehead atoms. The van der Waals surface area contributed by atoms with Crippen molar-refractivity contribution in [1.82, 2.24) is 4.98 Å². The molecule has 3 aliphatic heterocycles. The summed E-state index contributed by atoms with van der Waals surface area (Å²) in [5, 5.41) is 11.5. The van der Waals surface area contributed by atoms with E-state index < -0.39 is 23.0 Å². The van der Waals surface area contributed by atoms with Gasteiger partial charge >= 0.3 is 0 Å². The summed E-state index contributed by atoms with van der Waals surface area (Å²) in [6.45, 7) is 2.24. The van der Waals surface area contributed by atoms with Crippen molar-refractivity contribution in [2.45, 2.75) is 37.4 Å². The largest absolute Gasteiger partial charge is 0.478 e. The van der Waals surface area contributed by atoms with Crippen LogP contribution in [0.3, 0.4) is 0 Å². The third-order valence-corrected chi connectivity index (χ3v) is 7.97. The standard InChI is InChI=1S/C27H22ClN3O4/c1-26-10-11-27(35-26,12-13-34-21-9-7-17(28)15-30-21)23-22(26)24(32)31(25(23)33)20-8-6-16(14-29)18-4-2-3-5-19(18)20/h2-9,15,22-23H,10-13H2,1H3/t22-,23+,26?,27?/m0/s1. The second kappa shape index (κ2) is 7.77. The Kier molecular flexibility index (Phi) is 4.89. The molecule has 176 valence electrons. The highest BCUT2D eigenvalue weighted by Gasteiger charge is 2.73. The first-order chi connectivity index (χ1) is 16.9. The summed E-state index contributed by atoms with van der Waals surface area (Å²) >= 11 is 5.89. The van der Waals surface area contributed by atoms with Crippen molar-refractivity contribution < 1.29 is 19.1 Å². The van der Waals surface area contributed by atoms with E-state index in [4.69, 9.17) is 21.1 Å². The number of rotatable bonds is 5.